The lowest BCUT2D eigenvalue weighted by Crippen LogP contribution is -2.32. The second kappa shape index (κ2) is 7.17. The summed E-state index contributed by atoms with van der Waals surface area (Å²) in [5.41, 5.74) is 1.39. The zero-order valence-corrected chi connectivity index (χ0v) is 11.6. The first-order valence-corrected chi connectivity index (χ1v) is 6.46. The standard InChI is InChI=1S/C16H15N3O2/c1-21-11-15(14-8-4-5-9-18-14)19-16(20)13-7-3-2-6-12(13)10-17/h2-9,15H,11H2,1H3,(H,19,20). The molecule has 0 saturated heterocycles. The lowest BCUT2D eigenvalue weighted by molar-refractivity contribution is 0.0894. The average Bonchev–Trinajstić information content (AvgIpc) is 2.55. The Morgan fingerprint density at radius 1 is 1.33 bits per heavy atom. The summed E-state index contributed by atoms with van der Waals surface area (Å²) in [5.74, 6) is -0.320. The molecular formula is C16H15N3O2. The third kappa shape index (κ3) is 3.65. The molecule has 106 valence electrons. The van der Waals surface area contributed by atoms with Gasteiger partial charge in [-0.2, -0.15) is 5.26 Å². The molecule has 0 aliphatic rings. The van der Waals surface area contributed by atoms with Crippen molar-refractivity contribution in [2.45, 2.75) is 6.04 Å². The number of pyridine rings is 1. The van der Waals surface area contributed by atoms with Crippen LogP contribution in [-0.4, -0.2) is 24.6 Å². The van der Waals surface area contributed by atoms with Crippen molar-refractivity contribution in [2.75, 3.05) is 13.7 Å². The highest BCUT2D eigenvalue weighted by Crippen LogP contribution is 2.13. The van der Waals surface area contributed by atoms with Crippen molar-refractivity contribution in [1.29, 1.82) is 5.26 Å². The van der Waals surface area contributed by atoms with E-state index in [2.05, 4.69) is 10.3 Å². The molecule has 1 atom stereocenters. The number of carbonyl (C=O) groups excluding carboxylic acids is 1. The molecule has 2 aromatic rings. The van der Waals surface area contributed by atoms with Gasteiger partial charge in [-0.3, -0.25) is 9.78 Å². The fourth-order valence-electron chi connectivity index (χ4n) is 1.96. The van der Waals surface area contributed by atoms with E-state index in [9.17, 15) is 4.79 Å². The molecule has 0 bridgehead atoms. The van der Waals surface area contributed by atoms with E-state index >= 15 is 0 Å². The summed E-state index contributed by atoms with van der Waals surface area (Å²) < 4.78 is 5.13. The molecule has 0 radical (unpaired) electrons. The van der Waals surface area contributed by atoms with Crippen molar-refractivity contribution < 1.29 is 9.53 Å². The number of rotatable bonds is 5. The number of ether oxygens (including phenoxy) is 1. The summed E-state index contributed by atoms with van der Waals surface area (Å²) >= 11 is 0. The van der Waals surface area contributed by atoms with Crippen LogP contribution in [0, 0.1) is 11.3 Å². The number of hydrogen-bond donors (Lipinski definition) is 1. The zero-order valence-electron chi connectivity index (χ0n) is 11.6. The average molecular weight is 281 g/mol. The summed E-state index contributed by atoms with van der Waals surface area (Å²) in [4.78, 5) is 16.6. The van der Waals surface area contributed by atoms with Crippen LogP contribution in [0.3, 0.4) is 0 Å². The largest absolute Gasteiger partial charge is 0.382 e. The summed E-state index contributed by atoms with van der Waals surface area (Å²) in [6.07, 6.45) is 1.66. The molecule has 0 aliphatic heterocycles. The molecule has 1 heterocycles. The Bertz CT molecular complexity index is 650. The van der Waals surface area contributed by atoms with Crippen molar-refractivity contribution in [1.82, 2.24) is 10.3 Å². The Morgan fingerprint density at radius 2 is 2.10 bits per heavy atom. The van der Waals surface area contributed by atoms with E-state index in [1.165, 1.54) is 0 Å². The van der Waals surface area contributed by atoms with Gasteiger partial charge in [0.2, 0.25) is 0 Å². The van der Waals surface area contributed by atoms with Crippen LogP contribution in [0.2, 0.25) is 0 Å². The van der Waals surface area contributed by atoms with Crippen LogP contribution < -0.4 is 5.32 Å². The van der Waals surface area contributed by atoms with Crippen LogP contribution in [0.5, 0.6) is 0 Å². The number of nitrogens with one attached hydrogen (secondary N) is 1. The van der Waals surface area contributed by atoms with Crippen LogP contribution in [0.4, 0.5) is 0 Å². The highest BCUT2D eigenvalue weighted by atomic mass is 16.5. The van der Waals surface area contributed by atoms with E-state index < -0.39 is 0 Å². The second-order valence-corrected chi connectivity index (χ2v) is 4.39. The maximum Gasteiger partial charge on any atom is 0.253 e. The maximum atomic E-state index is 12.3. The molecule has 1 N–H and O–H groups in total. The van der Waals surface area contributed by atoms with Crippen molar-refractivity contribution >= 4 is 5.91 Å². The van der Waals surface area contributed by atoms with Gasteiger partial charge in [-0.1, -0.05) is 18.2 Å². The molecule has 1 amide bonds. The van der Waals surface area contributed by atoms with Gasteiger partial charge >= 0.3 is 0 Å². The quantitative estimate of drug-likeness (QED) is 0.910. The van der Waals surface area contributed by atoms with Gasteiger partial charge in [0.15, 0.2) is 0 Å². The molecule has 2 rings (SSSR count). The zero-order chi connectivity index (χ0) is 15.1. The number of nitriles is 1. The van der Waals surface area contributed by atoms with Gasteiger partial charge in [-0.05, 0) is 24.3 Å². The van der Waals surface area contributed by atoms with Crippen LogP contribution in [0.25, 0.3) is 0 Å². The minimum atomic E-state index is -0.365. The number of methoxy groups -OCH3 is 1. The van der Waals surface area contributed by atoms with Gasteiger partial charge < -0.3 is 10.1 Å². The molecule has 5 nitrogen and oxygen atoms in total. The molecule has 21 heavy (non-hydrogen) atoms. The SMILES string of the molecule is COCC(NC(=O)c1ccccc1C#N)c1ccccn1. The number of amides is 1. The molecule has 1 aromatic carbocycles. The van der Waals surface area contributed by atoms with Crippen molar-refractivity contribution in [2.24, 2.45) is 0 Å². The first-order chi connectivity index (χ1) is 10.3. The van der Waals surface area contributed by atoms with Gasteiger partial charge in [0.25, 0.3) is 5.91 Å². The Balaban J connectivity index is 2.21. The molecule has 0 saturated carbocycles. The molecule has 0 aliphatic carbocycles. The number of benzene rings is 1. The van der Waals surface area contributed by atoms with Crippen molar-refractivity contribution in [3.63, 3.8) is 0 Å². The maximum absolute atomic E-state index is 12.3. The van der Waals surface area contributed by atoms with E-state index in [0.717, 1.165) is 0 Å². The summed E-state index contributed by atoms with van der Waals surface area (Å²) in [6, 6.07) is 13.8. The highest BCUT2D eigenvalue weighted by molar-refractivity contribution is 5.96. The molecule has 0 fully saturated rings. The number of carbonyl (C=O) groups is 1. The van der Waals surface area contributed by atoms with Gasteiger partial charge in [0.05, 0.1) is 35.5 Å². The van der Waals surface area contributed by atoms with E-state index in [1.54, 1.807) is 43.6 Å². The van der Waals surface area contributed by atoms with E-state index in [1.807, 2.05) is 18.2 Å². The third-order valence-electron chi connectivity index (χ3n) is 2.98. The molecule has 5 heteroatoms. The van der Waals surface area contributed by atoms with E-state index in [-0.39, 0.29) is 11.9 Å². The minimum Gasteiger partial charge on any atom is -0.382 e. The van der Waals surface area contributed by atoms with Crippen LogP contribution in [-0.2, 0) is 4.74 Å². The van der Waals surface area contributed by atoms with Crippen LogP contribution in [0.1, 0.15) is 27.7 Å². The lowest BCUT2D eigenvalue weighted by atomic mass is 10.1. The van der Waals surface area contributed by atoms with Crippen molar-refractivity contribution in [3.05, 3.63) is 65.5 Å². The molecule has 0 spiro atoms. The highest BCUT2D eigenvalue weighted by Gasteiger charge is 2.18. The normalized spacial score (nSPS) is 11.4. The monoisotopic (exact) mass is 281 g/mol. The third-order valence-corrected chi connectivity index (χ3v) is 2.98. The number of aromatic nitrogens is 1. The van der Waals surface area contributed by atoms with E-state index in [0.29, 0.717) is 23.4 Å². The van der Waals surface area contributed by atoms with Crippen molar-refractivity contribution in [3.8, 4) is 6.07 Å². The predicted molar refractivity (Wildman–Crippen MR) is 77.5 cm³/mol. The van der Waals surface area contributed by atoms with E-state index in [4.69, 9.17) is 10.00 Å². The van der Waals surface area contributed by atoms with Gasteiger partial charge in [-0.25, -0.2) is 0 Å². The van der Waals surface area contributed by atoms with Gasteiger partial charge in [0, 0.05) is 13.3 Å². The summed E-state index contributed by atoms with van der Waals surface area (Å²) in [7, 11) is 1.56. The van der Waals surface area contributed by atoms with Crippen LogP contribution >= 0.6 is 0 Å². The first-order valence-electron chi connectivity index (χ1n) is 6.46. The number of nitrogens with zero attached hydrogens (tertiary/aromatic N) is 2. The fourth-order valence-corrected chi connectivity index (χ4v) is 1.96. The Labute approximate surface area is 123 Å². The summed E-state index contributed by atoms with van der Waals surface area (Å²) in [6.45, 7) is 0.303. The first kappa shape index (κ1) is 14.7. The Kier molecular flexibility index (Phi) is 5.02. The molecule has 1 unspecified atom stereocenters. The second-order valence-electron chi connectivity index (χ2n) is 4.39. The topological polar surface area (TPSA) is 75.0 Å². The molecule has 1 aromatic heterocycles. The van der Waals surface area contributed by atoms with Gasteiger partial charge in [0.1, 0.15) is 0 Å². The van der Waals surface area contributed by atoms with Gasteiger partial charge in [-0.15, -0.1) is 0 Å². The summed E-state index contributed by atoms with van der Waals surface area (Å²) in [5, 5.41) is 11.9. The smallest absolute Gasteiger partial charge is 0.253 e. The molecular weight excluding hydrogens is 266 g/mol. The fraction of sp³-hybridized carbons (Fsp3) is 0.188. The Morgan fingerprint density at radius 3 is 2.76 bits per heavy atom. The van der Waals surface area contributed by atoms with Crippen LogP contribution in [0.15, 0.2) is 48.7 Å². The lowest BCUT2D eigenvalue weighted by Gasteiger charge is -2.17. The number of hydrogen-bond acceptors (Lipinski definition) is 4. The Hall–Kier alpha value is -2.71. The predicted octanol–water partition coefficient (Wildman–Crippen LogP) is 2.07. The minimum absolute atomic E-state index is 0.303.